The van der Waals surface area contributed by atoms with Crippen LogP contribution in [0.1, 0.15) is 33.3 Å². The van der Waals surface area contributed by atoms with Crippen molar-refractivity contribution in [1.82, 2.24) is 4.98 Å². The summed E-state index contributed by atoms with van der Waals surface area (Å²) in [7, 11) is 1.34. The van der Waals surface area contributed by atoms with Crippen molar-refractivity contribution in [1.29, 1.82) is 0 Å². The molecule has 5 nitrogen and oxygen atoms in total. The maximum atomic E-state index is 11.5. The van der Waals surface area contributed by atoms with Gasteiger partial charge in [-0.2, -0.15) is 11.3 Å². The predicted molar refractivity (Wildman–Crippen MR) is 96.0 cm³/mol. The Balaban J connectivity index is 1.49. The summed E-state index contributed by atoms with van der Waals surface area (Å²) in [5.41, 5.74) is 2.35. The highest BCUT2D eigenvalue weighted by Crippen LogP contribution is 2.38. The third-order valence-corrected chi connectivity index (χ3v) is 5.53. The van der Waals surface area contributed by atoms with Crippen molar-refractivity contribution < 1.29 is 19.0 Å². The maximum Gasteiger partial charge on any atom is 0.349 e. The lowest BCUT2D eigenvalue weighted by molar-refractivity contribution is 0.0606. The lowest BCUT2D eigenvalue weighted by atomic mass is 9.99. The Labute approximate surface area is 152 Å². The third kappa shape index (κ3) is 3.38. The first-order valence-electron chi connectivity index (χ1n) is 7.76. The Morgan fingerprint density at radius 2 is 2.28 bits per heavy atom. The molecule has 2 aromatic heterocycles. The van der Waals surface area contributed by atoms with Crippen molar-refractivity contribution in [3.63, 3.8) is 0 Å². The monoisotopic (exact) mass is 373 g/mol. The number of ether oxygens (including phenoxy) is 3. The Hall–Kier alpha value is -2.38. The van der Waals surface area contributed by atoms with Crippen LogP contribution < -0.4 is 9.47 Å². The predicted octanol–water partition coefficient (Wildman–Crippen LogP) is 4.85. The highest BCUT2D eigenvalue weighted by atomic mass is 32.1. The van der Waals surface area contributed by atoms with Gasteiger partial charge < -0.3 is 14.2 Å². The van der Waals surface area contributed by atoms with Crippen LogP contribution in [-0.2, 0) is 11.2 Å². The molecule has 0 fully saturated rings. The molecular weight excluding hydrogens is 358 g/mol. The van der Waals surface area contributed by atoms with Gasteiger partial charge in [-0.15, -0.1) is 0 Å². The van der Waals surface area contributed by atoms with Gasteiger partial charge in [-0.1, -0.05) is 11.3 Å². The highest BCUT2D eigenvalue weighted by Gasteiger charge is 2.22. The van der Waals surface area contributed by atoms with E-state index in [1.165, 1.54) is 18.9 Å². The number of fused-ring (bicyclic) bond motifs is 1. The van der Waals surface area contributed by atoms with E-state index in [4.69, 9.17) is 9.47 Å². The van der Waals surface area contributed by atoms with E-state index in [1.807, 2.05) is 18.2 Å². The van der Waals surface area contributed by atoms with Crippen LogP contribution in [0.5, 0.6) is 16.7 Å². The van der Waals surface area contributed by atoms with Crippen LogP contribution in [0.25, 0.3) is 0 Å². The quantitative estimate of drug-likeness (QED) is 0.612. The number of esters is 1. The molecule has 0 saturated carbocycles. The van der Waals surface area contributed by atoms with E-state index in [1.54, 1.807) is 11.3 Å². The molecular formula is C18H15NO4S2. The summed E-state index contributed by atoms with van der Waals surface area (Å²) in [4.78, 5) is 16.0. The number of nitrogens with zero attached hydrogens (tertiary/aromatic N) is 1. The number of rotatable bonds is 4. The standard InChI is InChI=1S/C18H15NO4S2/c1-21-17(20)16-9-19-18(25-16)22-13-3-5-14-11(8-13)2-4-15(23-14)12-6-7-24-10-12/h3,5-10,15H,2,4H2,1H3. The molecule has 7 heteroatoms. The van der Waals surface area contributed by atoms with Gasteiger partial charge >= 0.3 is 5.97 Å². The van der Waals surface area contributed by atoms with Crippen LogP contribution in [0, 0.1) is 0 Å². The van der Waals surface area contributed by atoms with Gasteiger partial charge in [0.25, 0.3) is 5.19 Å². The van der Waals surface area contributed by atoms with Gasteiger partial charge in [-0.25, -0.2) is 9.78 Å². The molecule has 0 aliphatic carbocycles. The van der Waals surface area contributed by atoms with E-state index >= 15 is 0 Å². The number of thiophene rings is 1. The zero-order valence-electron chi connectivity index (χ0n) is 13.4. The van der Waals surface area contributed by atoms with Crippen molar-refractivity contribution in [3.05, 3.63) is 57.2 Å². The zero-order chi connectivity index (χ0) is 17.2. The largest absolute Gasteiger partial charge is 0.485 e. The van der Waals surface area contributed by atoms with Crippen molar-refractivity contribution in [2.75, 3.05) is 7.11 Å². The van der Waals surface area contributed by atoms with Crippen LogP contribution in [0.4, 0.5) is 0 Å². The lowest BCUT2D eigenvalue weighted by Crippen LogP contribution is -2.14. The van der Waals surface area contributed by atoms with E-state index in [-0.39, 0.29) is 6.10 Å². The number of carbonyl (C=O) groups excluding carboxylic acids is 1. The number of hydrogen-bond acceptors (Lipinski definition) is 7. The van der Waals surface area contributed by atoms with E-state index in [0.29, 0.717) is 15.8 Å². The van der Waals surface area contributed by atoms with E-state index in [2.05, 4.69) is 26.5 Å². The topological polar surface area (TPSA) is 57.7 Å². The summed E-state index contributed by atoms with van der Waals surface area (Å²) in [5.74, 6) is 1.16. The minimum atomic E-state index is -0.411. The lowest BCUT2D eigenvalue weighted by Gasteiger charge is -2.26. The summed E-state index contributed by atoms with van der Waals surface area (Å²) >= 11 is 2.84. The summed E-state index contributed by atoms with van der Waals surface area (Å²) < 4.78 is 16.5. The first-order valence-corrected chi connectivity index (χ1v) is 9.52. The Morgan fingerprint density at radius 1 is 1.36 bits per heavy atom. The number of methoxy groups -OCH3 is 1. The van der Waals surface area contributed by atoms with Crippen LogP contribution in [-0.4, -0.2) is 18.1 Å². The Morgan fingerprint density at radius 3 is 3.08 bits per heavy atom. The molecule has 3 aromatic rings. The number of thiazole rings is 1. The Kier molecular flexibility index (Phi) is 4.42. The summed E-state index contributed by atoms with van der Waals surface area (Å²) in [6, 6.07) is 7.86. The van der Waals surface area contributed by atoms with Crippen molar-refractivity contribution in [2.45, 2.75) is 18.9 Å². The number of benzene rings is 1. The van der Waals surface area contributed by atoms with Gasteiger partial charge in [0.2, 0.25) is 0 Å². The molecule has 0 amide bonds. The second kappa shape index (κ2) is 6.85. The fraction of sp³-hybridized carbons (Fsp3) is 0.222. The molecule has 3 heterocycles. The van der Waals surface area contributed by atoms with Crippen LogP contribution >= 0.6 is 22.7 Å². The van der Waals surface area contributed by atoms with Gasteiger partial charge in [0.1, 0.15) is 22.5 Å². The van der Waals surface area contributed by atoms with Gasteiger partial charge in [0.15, 0.2) is 0 Å². The SMILES string of the molecule is COC(=O)c1cnc(Oc2ccc3c(c2)CCC(c2ccsc2)O3)s1. The van der Waals surface area contributed by atoms with Gasteiger partial charge in [0.05, 0.1) is 13.3 Å². The van der Waals surface area contributed by atoms with Gasteiger partial charge in [-0.3, -0.25) is 0 Å². The van der Waals surface area contributed by atoms with E-state index in [9.17, 15) is 4.79 Å². The fourth-order valence-corrected chi connectivity index (χ4v) is 4.13. The second-order valence-electron chi connectivity index (χ2n) is 5.56. The van der Waals surface area contributed by atoms with Crippen LogP contribution in [0.2, 0.25) is 0 Å². The Bertz CT molecular complexity index is 888. The molecule has 0 spiro atoms. The summed E-state index contributed by atoms with van der Waals surface area (Å²) in [5, 5.41) is 4.62. The molecule has 0 radical (unpaired) electrons. The molecule has 1 unspecified atom stereocenters. The normalized spacial score (nSPS) is 16.0. The maximum absolute atomic E-state index is 11.5. The molecule has 25 heavy (non-hydrogen) atoms. The smallest absolute Gasteiger partial charge is 0.349 e. The molecule has 0 N–H and O–H groups in total. The van der Waals surface area contributed by atoms with Crippen molar-refractivity contribution in [3.8, 4) is 16.7 Å². The first-order chi connectivity index (χ1) is 12.2. The van der Waals surface area contributed by atoms with Gasteiger partial charge in [0, 0.05) is 5.56 Å². The molecule has 1 aliphatic rings. The molecule has 1 atom stereocenters. The van der Waals surface area contributed by atoms with Crippen LogP contribution in [0.15, 0.2) is 41.2 Å². The minimum Gasteiger partial charge on any atom is -0.485 e. The van der Waals surface area contributed by atoms with E-state index < -0.39 is 5.97 Å². The van der Waals surface area contributed by atoms with Crippen molar-refractivity contribution >= 4 is 28.6 Å². The summed E-state index contributed by atoms with van der Waals surface area (Å²) in [6.45, 7) is 0. The number of aromatic nitrogens is 1. The molecule has 0 bridgehead atoms. The van der Waals surface area contributed by atoms with Gasteiger partial charge in [-0.05, 0) is 53.4 Å². The average molecular weight is 373 g/mol. The molecule has 0 saturated heterocycles. The highest BCUT2D eigenvalue weighted by molar-refractivity contribution is 7.15. The zero-order valence-corrected chi connectivity index (χ0v) is 15.1. The molecule has 1 aliphatic heterocycles. The average Bonchev–Trinajstić information content (AvgIpc) is 3.32. The first kappa shape index (κ1) is 16.1. The number of aryl methyl sites for hydroxylation is 1. The molecule has 128 valence electrons. The number of hydrogen-bond donors (Lipinski definition) is 0. The molecule has 1 aromatic carbocycles. The third-order valence-electron chi connectivity index (χ3n) is 3.97. The summed E-state index contributed by atoms with van der Waals surface area (Å²) in [6.07, 6.45) is 3.45. The molecule has 4 rings (SSSR count). The minimum absolute atomic E-state index is 0.118. The second-order valence-corrected chi connectivity index (χ2v) is 7.33. The van der Waals surface area contributed by atoms with Crippen LogP contribution in [0.3, 0.4) is 0 Å². The van der Waals surface area contributed by atoms with E-state index in [0.717, 1.165) is 35.5 Å². The fourth-order valence-electron chi connectivity index (χ4n) is 2.72. The number of carbonyl (C=O) groups is 1. The van der Waals surface area contributed by atoms with Crippen molar-refractivity contribution in [2.24, 2.45) is 0 Å².